The van der Waals surface area contributed by atoms with Crippen LogP contribution in [0, 0.1) is 5.82 Å². The molecule has 0 bridgehead atoms. The molecule has 1 aromatic carbocycles. The first-order valence-corrected chi connectivity index (χ1v) is 6.04. The average molecular weight is 300 g/mol. The minimum Gasteiger partial charge on any atom is -0.481 e. The average Bonchev–Trinajstić information content (AvgIpc) is 2.30. The predicted molar refractivity (Wildman–Crippen MR) is 71.0 cm³/mol. The highest BCUT2D eigenvalue weighted by molar-refractivity contribution is 6.35. The third-order valence-corrected chi connectivity index (χ3v) is 2.87. The molecule has 0 spiro atoms. The van der Waals surface area contributed by atoms with Crippen LogP contribution >= 0.6 is 23.2 Å². The number of nitrogens with zero attached hydrogens (tertiary/aromatic N) is 1. The summed E-state index contributed by atoms with van der Waals surface area (Å²) in [6.45, 7) is 0. The SMILES string of the molecule is O=C(O)Cc1ncc(-c2cc(Cl)cc(Cl)c2)cc1F. The van der Waals surface area contributed by atoms with E-state index in [1.807, 2.05) is 0 Å². The smallest absolute Gasteiger partial charge is 0.309 e. The number of hydrogen-bond donors (Lipinski definition) is 1. The molecule has 98 valence electrons. The number of aliphatic carboxylic acids is 1. The predicted octanol–water partition coefficient (Wildman–Crippen LogP) is 3.82. The summed E-state index contributed by atoms with van der Waals surface area (Å²) in [7, 11) is 0. The maximum atomic E-state index is 13.7. The number of rotatable bonds is 3. The highest BCUT2D eigenvalue weighted by Crippen LogP contribution is 2.27. The van der Waals surface area contributed by atoms with Crippen molar-refractivity contribution in [3.63, 3.8) is 0 Å². The van der Waals surface area contributed by atoms with Gasteiger partial charge in [0.15, 0.2) is 0 Å². The van der Waals surface area contributed by atoms with Gasteiger partial charge in [0, 0.05) is 21.8 Å². The van der Waals surface area contributed by atoms with Gasteiger partial charge in [0.25, 0.3) is 0 Å². The van der Waals surface area contributed by atoms with Gasteiger partial charge < -0.3 is 5.11 Å². The van der Waals surface area contributed by atoms with Crippen molar-refractivity contribution >= 4 is 29.2 Å². The van der Waals surface area contributed by atoms with Crippen molar-refractivity contribution in [1.82, 2.24) is 4.98 Å². The molecule has 2 rings (SSSR count). The fourth-order valence-corrected chi connectivity index (χ4v) is 2.14. The Morgan fingerprint density at radius 1 is 1.16 bits per heavy atom. The van der Waals surface area contributed by atoms with E-state index in [2.05, 4.69) is 4.98 Å². The Morgan fingerprint density at radius 3 is 2.32 bits per heavy atom. The number of carbonyl (C=O) groups is 1. The summed E-state index contributed by atoms with van der Waals surface area (Å²) >= 11 is 11.7. The van der Waals surface area contributed by atoms with Gasteiger partial charge in [-0.25, -0.2) is 4.39 Å². The molecule has 2 aromatic rings. The summed E-state index contributed by atoms with van der Waals surface area (Å²) < 4.78 is 13.7. The minimum absolute atomic E-state index is 0.107. The molecule has 0 radical (unpaired) electrons. The second-order valence-electron chi connectivity index (χ2n) is 3.88. The van der Waals surface area contributed by atoms with E-state index in [1.54, 1.807) is 18.2 Å². The Morgan fingerprint density at radius 2 is 1.79 bits per heavy atom. The molecule has 0 saturated heterocycles. The van der Waals surface area contributed by atoms with Crippen molar-refractivity contribution in [2.75, 3.05) is 0 Å². The van der Waals surface area contributed by atoms with E-state index >= 15 is 0 Å². The molecule has 19 heavy (non-hydrogen) atoms. The minimum atomic E-state index is -1.13. The van der Waals surface area contributed by atoms with E-state index in [0.717, 1.165) is 0 Å². The van der Waals surface area contributed by atoms with Gasteiger partial charge in [-0.2, -0.15) is 0 Å². The van der Waals surface area contributed by atoms with Crippen LogP contribution in [0.3, 0.4) is 0 Å². The fourth-order valence-electron chi connectivity index (χ4n) is 1.62. The van der Waals surface area contributed by atoms with E-state index in [9.17, 15) is 9.18 Å². The Balaban J connectivity index is 2.41. The van der Waals surface area contributed by atoms with Crippen LogP contribution in [0.5, 0.6) is 0 Å². The van der Waals surface area contributed by atoms with Crippen molar-refractivity contribution in [3.05, 3.63) is 52.0 Å². The maximum Gasteiger partial charge on any atom is 0.309 e. The quantitative estimate of drug-likeness (QED) is 0.937. The van der Waals surface area contributed by atoms with Gasteiger partial charge >= 0.3 is 5.97 Å². The molecule has 0 atom stereocenters. The zero-order valence-electron chi connectivity index (χ0n) is 9.53. The summed E-state index contributed by atoms with van der Waals surface area (Å²) in [6, 6.07) is 6.03. The number of carboxylic acids is 1. The third kappa shape index (κ3) is 3.43. The third-order valence-electron chi connectivity index (χ3n) is 2.43. The standard InChI is InChI=1S/C13H8Cl2FNO2/c14-9-1-7(2-10(15)4-9)8-3-11(16)12(17-6-8)5-13(18)19/h1-4,6H,5H2,(H,18,19). The van der Waals surface area contributed by atoms with Crippen molar-refractivity contribution in [1.29, 1.82) is 0 Å². The van der Waals surface area contributed by atoms with Gasteiger partial charge in [-0.1, -0.05) is 23.2 Å². The highest BCUT2D eigenvalue weighted by Gasteiger charge is 2.11. The van der Waals surface area contributed by atoms with Crippen molar-refractivity contribution in [2.45, 2.75) is 6.42 Å². The van der Waals surface area contributed by atoms with E-state index in [-0.39, 0.29) is 5.69 Å². The van der Waals surface area contributed by atoms with Crippen LogP contribution in [0.25, 0.3) is 11.1 Å². The molecule has 0 amide bonds. The molecule has 1 N–H and O–H groups in total. The normalized spacial score (nSPS) is 10.5. The second kappa shape index (κ2) is 5.55. The molecule has 1 heterocycles. The van der Waals surface area contributed by atoms with Crippen LogP contribution < -0.4 is 0 Å². The van der Waals surface area contributed by atoms with Crippen LogP contribution in [-0.2, 0) is 11.2 Å². The molecule has 0 unspecified atom stereocenters. The van der Waals surface area contributed by atoms with E-state index < -0.39 is 18.2 Å². The Labute approximate surface area is 118 Å². The number of hydrogen-bond acceptors (Lipinski definition) is 2. The fraction of sp³-hybridized carbons (Fsp3) is 0.0769. The molecule has 3 nitrogen and oxygen atoms in total. The lowest BCUT2D eigenvalue weighted by molar-refractivity contribution is -0.136. The molecule has 0 aliphatic rings. The second-order valence-corrected chi connectivity index (χ2v) is 4.75. The van der Waals surface area contributed by atoms with Gasteiger partial charge in [-0.15, -0.1) is 0 Å². The molecule has 0 aliphatic carbocycles. The molecule has 0 aliphatic heterocycles. The zero-order valence-corrected chi connectivity index (χ0v) is 11.0. The topological polar surface area (TPSA) is 50.2 Å². The monoisotopic (exact) mass is 299 g/mol. The first-order chi connectivity index (χ1) is 8.95. The zero-order chi connectivity index (χ0) is 14.0. The van der Waals surface area contributed by atoms with Gasteiger partial charge in [-0.05, 0) is 29.8 Å². The summed E-state index contributed by atoms with van der Waals surface area (Å²) in [5.41, 5.74) is 0.992. The molecule has 6 heteroatoms. The van der Waals surface area contributed by atoms with E-state index in [4.69, 9.17) is 28.3 Å². The largest absolute Gasteiger partial charge is 0.481 e. The lowest BCUT2D eigenvalue weighted by Crippen LogP contribution is -2.05. The number of pyridine rings is 1. The highest BCUT2D eigenvalue weighted by atomic mass is 35.5. The molecular formula is C13H8Cl2FNO2. The van der Waals surface area contributed by atoms with Crippen LogP contribution in [0.1, 0.15) is 5.69 Å². The Hall–Kier alpha value is -1.65. The van der Waals surface area contributed by atoms with E-state index in [0.29, 0.717) is 21.2 Å². The van der Waals surface area contributed by atoms with Gasteiger partial charge in [-0.3, -0.25) is 9.78 Å². The number of carboxylic acid groups (broad SMARTS) is 1. The summed E-state index contributed by atoms with van der Waals surface area (Å²) in [4.78, 5) is 14.3. The van der Waals surface area contributed by atoms with E-state index in [1.165, 1.54) is 12.3 Å². The molecule has 0 fully saturated rings. The number of aromatic nitrogens is 1. The molecule has 1 aromatic heterocycles. The summed E-state index contributed by atoms with van der Waals surface area (Å²) in [5, 5.41) is 9.47. The van der Waals surface area contributed by atoms with Crippen LogP contribution in [0.4, 0.5) is 4.39 Å². The van der Waals surface area contributed by atoms with Crippen molar-refractivity contribution in [3.8, 4) is 11.1 Å². The van der Waals surface area contributed by atoms with Crippen molar-refractivity contribution in [2.24, 2.45) is 0 Å². The van der Waals surface area contributed by atoms with Crippen LogP contribution in [0.2, 0.25) is 10.0 Å². The lowest BCUT2D eigenvalue weighted by atomic mass is 10.1. The van der Waals surface area contributed by atoms with Crippen molar-refractivity contribution < 1.29 is 14.3 Å². The van der Waals surface area contributed by atoms with Gasteiger partial charge in [0.05, 0.1) is 12.1 Å². The van der Waals surface area contributed by atoms with Crippen LogP contribution in [0.15, 0.2) is 30.5 Å². The Bertz CT molecular complexity index is 626. The first kappa shape index (κ1) is 13.8. The number of halogens is 3. The molecule has 0 saturated carbocycles. The van der Waals surface area contributed by atoms with Gasteiger partial charge in [0.2, 0.25) is 0 Å². The number of benzene rings is 1. The lowest BCUT2D eigenvalue weighted by Gasteiger charge is -2.05. The molecular weight excluding hydrogens is 292 g/mol. The Kier molecular flexibility index (Phi) is 4.02. The summed E-state index contributed by atoms with van der Waals surface area (Å²) in [6.07, 6.45) is 0.936. The van der Waals surface area contributed by atoms with Crippen LogP contribution in [-0.4, -0.2) is 16.1 Å². The first-order valence-electron chi connectivity index (χ1n) is 5.28. The van der Waals surface area contributed by atoms with Gasteiger partial charge in [0.1, 0.15) is 5.82 Å². The summed E-state index contributed by atoms with van der Waals surface area (Å²) in [5.74, 6) is -1.80. The maximum absolute atomic E-state index is 13.7.